The highest BCUT2D eigenvalue weighted by Gasteiger charge is 2.56. The van der Waals surface area contributed by atoms with Gasteiger partial charge < -0.3 is 29.0 Å². The van der Waals surface area contributed by atoms with Crippen LogP contribution in [0.15, 0.2) is 78.9 Å². The average molecular weight is 534 g/mol. The van der Waals surface area contributed by atoms with Gasteiger partial charge in [0.25, 0.3) is 0 Å². The van der Waals surface area contributed by atoms with Crippen LogP contribution >= 0.6 is 0 Å². The summed E-state index contributed by atoms with van der Waals surface area (Å²) in [6, 6.07) is 23.6. The Morgan fingerprint density at radius 3 is 1.90 bits per heavy atom. The normalized spacial score (nSPS) is 18.2. The Hall–Kier alpha value is -4.04. The first-order valence-electron chi connectivity index (χ1n) is 13.0. The lowest BCUT2D eigenvalue weighted by Gasteiger charge is -2.54. The van der Waals surface area contributed by atoms with E-state index in [1.54, 1.807) is 26.0 Å². The molecule has 1 heterocycles. The highest BCUT2D eigenvalue weighted by atomic mass is 16.7. The predicted molar refractivity (Wildman–Crippen MR) is 145 cm³/mol. The number of ether oxygens (including phenoxy) is 4. The second kappa shape index (κ2) is 12.7. The molecular weight excluding hydrogens is 498 g/mol. The van der Waals surface area contributed by atoms with Crippen molar-refractivity contribution in [2.24, 2.45) is 11.8 Å². The summed E-state index contributed by atoms with van der Waals surface area (Å²) in [5, 5.41) is 10.1. The third-order valence-corrected chi connectivity index (χ3v) is 7.23. The predicted octanol–water partition coefficient (Wildman–Crippen LogP) is 4.99. The van der Waals surface area contributed by atoms with E-state index in [0.29, 0.717) is 11.5 Å². The lowest BCUT2D eigenvalue weighted by atomic mass is 9.74. The molecule has 1 N–H and O–H groups in total. The van der Waals surface area contributed by atoms with Gasteiger partial charge in [-0.25, -0.2) is 4.79 Å². The zero-order valence-corrected chi connectivity index (χ0v) is 22.7. The largest absolute Gasteiger partial charge is 0.508 e. The molecule has 4 atom stereocenters. The third kappa shape index (κ3) is 6.17. The number of benzene rings is 3. The van der Waals surface area contributed by atoms with E-state index in [4.69, 9.17) is 18.9 Å². The average Bonchev–Trinajstić information content (AvgIpc) is 2.97. The number of nitrogens with zero attached hydrogens (tertiary/aromatic N) is 1. The molecule has 0 radical (unpaired) electrons. The maximum Gasteiger partial charge on any atom is 0.508 e. The van der Waals surface area contributed by atoms with Crippen LogP contribution in [-0.2, 0) is 20.9 Å². The summed E-state index contributed by atoms with van der Waals surface area (Å²) < 4.78 is 21.5. The Labute approximate surface area is 229 Å². The van der Waals surface area contributed by atoms with E-state index in [1.165, 1.54) is 0 Å². The van der Waals surface area contributed by atoms with Gasteiger partial charge in [-0.15, -0.1) is 0 Å². The monoisotopic (exact) mass is 533 g/mol. The smallest absolute Gasteiger partial charge is 0.497 e. The second-order valence-corrected chi connectivity index (χ2v) is 9.72. The van der Waals surface area contributed by atoms with Gasteiger partial charge in [0.15, 0.2) is 0 Å². The maximum atomic E-state index is 13.8. The van der Waals surface area contributed by atoms with Crippen LogP contribution in [0.3, 0.4) is 0 Å². The first kappa shape index (κ1) is 28.0. The van der Waals surface area contributed by atoms with Gasteiger partial charge in [0, 0.05) is 12.5 Å². The zero-order chi connectivity index (χ0) is 27.9. The molecular formula is C31H35NO7. The summed E-state index contributed by atoms with van der Waals surface area (Å²) in [5.41, 5.74) is 2.61. The lowest BCUT2D eigenvalue weighted by Crippen LogP contribution is -2.68. The summed E-state index contributed by atoms with van der Waals surface area (Å²) >= 11 is 0. The number of methoxy groups -OCH3 is 2. The van der Waals surface area contributed by atoms with Gasteiger partial charge in [0.1, 0.15) is 24.2 Å². The SMILES string of the molecule is COc1ccc(C(c2ccc(OC)cc2)N2C(=O)C([C@@H](C)OC(=O)OCc3ccccc3)C2[C@@H](C)CO)cc1. The van der Waals surface area contributed by atoms with Gasteiger partial charge in [-0.3, -0.25) is 4.79 Å². The number of aliphatic hydroxyl groups is 1. The van der Waals surface area contributed by atoms with Crippen LogP contribution in [0.2, 0.25) is 0 Å². The van der Waals surface area contributed by atoms with E-state index >= 15 is 0 Å². The van der Waals surface area contributed by atoms with Crippen molar-refractivity contribution >= 4 is 12.1 Å². The van der Waals surface area contributed by atoms with Crippen molar-refractivity contribution in [1.82, 2.24) is 4.90 Å². The van der Waals surface area contributed by atoms with E-state index < -0.39 is 24.2 Å². The molecule has 39 heavy (non-hydrogen) atoms. The molecule has 1 aliphatic rings. The van der Waals surface area contributed by atoms with Crippen molar-refractivity contribution < 1.29 is 33.6 Å². The van der Waals surface area contributed by atoms with E-state index in [9.17, 15) is 14.7 Å². The molecule has 206 valence electrons. The van der Waals surface area contributed by atoms with Crippen LogP contribution in [0, 0.1) is 11.8 Å². The molecule has 1 amide bonds. The highest BCUT2D eigenvalue weighted by Crippen LogP contribution is 2.45. The molecule has 1 fully saturated rings. The summed E-state index contributed by atoms with van der Waals surface area (Å²) in [7, 11) is 3.20. The molecule has 8 nitrogen and oxygen atoms in total. The fourth-order valence-corrected chi connectivity index (χ4v) is 5.13. The minimum absolute atomic E-state index is 0.0740. The Kier molecular flexibility index (Phi) is 9.09. The van der Waals surface area contributed by atoms with Crippen LogP contribution in [0.1, 0.15) is 36.6 Å². The van der Waals surface area contributed by atoms with Crippen molar-refractivity contribution in [3.8, 4) is 11.5 Å². The quantitative estimate of drug-likeness (QED) is 0.274. The van der Waals surface area contributed by atoms with Crippen molar-refractivity contribution in [2.75, 3.05) is 20.8 Å². The molecule has 0 aromatic heterocycles. The molecule has 0 saturated carbocycles. The number of likely N-dealkylation sites (tertiary alicyclic amines) is 1. The number of carbonyl (C=O) groups excluding carboxylic acids is 2. The first-order chi connectivity index (χ1) is 18.9. The van der Waals surface area contributed by atoms with Gasteiger partial charge in [-0.05, 0) is 47.9 Å². The first-order valence-corrected chi connectivity index (χ1v) is 13.0. The minimum atomic E-state index is -0.838. The van der Waals surface area contributed by atoms with E-state index in [-0.39, 0.29) is 31.1 Å². The molecule has 0 aliphatic carbocycles. The third-order valence-electron chi connectivity index (χ3n) is 7.23. The molecule has 2 unspecified atom stereocenters. The zero-order valence-electron chi connectivity index (χ0n) is 22.7. The van der Waals surface area contributed by atoms with Crippen molar-refractivity contribution in [2.45, 2.75) is 38.6 Å². The number of β-lactam (4-membered cyclic amide) rings is 1. The lowest BCUT2D eigenvalue weighted by molar-refractivity contribution is -0.174. The van der Waals surface area contributed by atoms with Gasteiger partial charge in [-0.1, -0.05) is 61.5 Å². The fraction of sp³-hybridized carbons (Fsp3) is 0.355. The van der Waals surface area contributed by atoms with Crippen LogP contribution in [0.25, 0.3) is 0 Å². The van der Waals surface area contributed by atoms with Gasteiger partial charge in [0.05, 0.1) is 32.2 Å². The summed E-state index contributed by atoms with van der Waals surface area (Å²) in [4.78, 5) is 28.0. The van der Waals surface area contributed by atoms with Crippen LogP contribution in [0.5, 0.6) is 11.5 Å². The molecule has 4 rings (SSSR count). The standard InChI is InChI=1S/C31H35NO7/c1-20(18-33)28-27(21(2)39-31(35)38-19-22-8-6-5-7-9-22)30(34)32(28)29(23-10-14-25(36-3)15-11-23)24-12-16-26(37-4)17-13-24/h5-17,20-21,27-29,33H,18-19H2,1-4H3/t20-,21+,27?,28?/m0/s1. The topological polar surface area (TPSA) is 94.5 Å². The van der Waals surface area contributed by atoms with Gasteiger partial charge in [0.2, 0.25) is 5.91 Å². The Morgan fingerprint density at radius 2 is 1.41 bits per heavy atom. The molecule has 0 bridgehead atoms. The van der Waals surface area contributed by atoms with Crippen LogP contribution in [0.4, 0.5) is 4.79 Å². The van der Waals surface area contributed by atoms with Crippen LogP contribution in [-0.4, -0.2) is 55.0 Å². The van der Waals surface area contributed by atoms with E-state index in [0.717, 1.165) is 16.7 Å². The van der Waals surface area contributed by atoms with Crippen molar-refractivity contribution in [3.05, 3.63) is 95.6 Å². The summed E-state index contributed by atoms with van der Waals surface area (Å²) in [6.07, 6.45) is -1.58. The van der Waals surface area contributed by atoms with Crippen molar-refractivity contribution in [3.63, 3.8) is 0 Å². The summed E-state index contributed by atoms with van der Waals surface area (Å²) in [5.74, 6) is 0.349. The molecule has 3 aromatic rings. The number of hydrogen-bond acceptors (Lipinski definition) is 7. The molecule has 3 aromatic carbocycles. The minimum Gasteiger partial charge on any atom is -0.497 e. The van der Waals surface area contributed by atoms with E-state index in [1.807, 2.05) is 85.8 Å². The highest BCUT2D eigenvalue weighted by molar-refractivity contribution is 5.88. The maximum absolute atomic E-state index is 13.8. The van der Waals surface area contributed by atoms with Gasteiger partial charge >= 0.3 is 6.16 Å². The summed E-state index contributed by atoms with van der Waals surface area (Å²) in [6.45, 7) is 3.52. The fourth-order valence-electron chi connectivity index (χ4n) is 5.13. The second-order valence-electron chi connectivity index (χ2n) is 9.72. The Bertz CT molecular complexity index is 1180. The van der Waals surface area contributed by atoms with Crippen molar-refractivity contribution in [1.29, 1.82) is 0 Å². The molecule has 1 saturated heterocycles. The number of rotatable bonds is 11. The van der Waals surface area contributed by atoms with Crippen LogP contribution < -0.4 is 9.47 Å². The molecule has 1 aliphatic heterocycles. The number of hydrogen-bond donors (Lipinski definition) is 1. The number of aliphatic hydroxyl groups excluding tert-OH is 1. The molecule has 0 spiro atoms. The van der Waals surface area contributed by atoms with E-state index in [2.05, 4.69) is 0 Å². The number of carbonyl (C=O) groups is 2. The Morgan fingerprint density at radius 1 is 0.872 bits per heavy atom. The number of amides is 1. The van der Waals surface area contributed by atoms with Gasteiger partial charge in [-0.2, -0.15) is 0 Å². The molecule has 8 heteroatoms. The Balaban J connectivity index is 1.58.